The van der Waals surface area contributed by atoms with Crippen LogP contribution in [0.15, 0.2) is 48.7 Å². The van der Waals surface area contributed by atoms with Gasteiger partial charge in [-0.3, -0.25) is 0 Å². The van der Waals surface area contributed by atoms with E-state index in [-0.39, 0.29) is 0 Å². The van der Waals surface area contributed by atoms with Crippen LogP contribution in [0.1, 0.15) is 17.5 Å². The third-order valence-electron chi connectivity index (χ3n) is 3.66. The van der Waals surface area contributed by atoms with E-state index >= 15 is 0 Å². The average Bonchev–Trinajstić information content (AvgIpc) is 2.91. The van der Waals surface area contributed by atoms with Gasteiger partial charge in [-0.05, 0) is 55.0 Å². The van der Waals surface area contributed by atoms with E-state index < -0.39 is 11.6 Å². The maximum absolute atomic E-state index is 13.1. The average molecular weight is 284 g/mol. The van der Waals surface area contributed by atoms with Gasteiger partial charge in [-0.15, -0.1) is 0 Å². The van der Waals surface area contributed by atoms with Crippen LogP contribution in [0.3, 0.4) is 0 Å². The molecule has 3 heteroatoms. The first-order valence-electron chi connectivity index (χ1n) is 7.04. The molecule has 0 aliphatic heterocycles. The van der Waals surface area contributed by atoms with Gasteiger partial charge in [0.1, 0.15) is 0 Å². The van der Waals surface area contributed by atoms with E-state index in [1.165, 1.54) is 23.1 Å². The molecule has 0 spiro atoms. The Bertz CT molecular complexity index is 746. The standard InChI is InChI=1S/C18H16F2N/c19-16-10-9-13(11-17(16)20)5-1-2-6-14-12-21-18-8-4-3-7-15(14)18/h2-4,7-12,21H,1,5-6H2. The van der Waals surface area contributed by atoms with Crippen LogP contribution in [0, 0.1) is 18.1 Å². The van der Waals surface area contributed by atoms with E-state index in [1.807, 2.05) is 18.3 Å². The molecule has 107 valence electrons. The van der Waals surface area contributed by atoms with Crippen molar-refractivity contribution in [1.29, 1.82) is 0 Å². The molecule has 1 heterocycles. The van der Waals surface area contributed by atoms with Crippen LogP contribution in [0.25, 0.3) is 10.9 Å². The molecule has 0 fully saturated rings. The first-order valence-corrected chi connectivity index (χ1v) is 7.04. The molecule has 0 aliphatic rings. The van der Waals surface area contributed by atoms with Gasteiger partial charge >= 0.3 is 0 Å². The Morgan fingerprint density at radius 1 is 1.00 bits per heavy atom. The van der Waals surface area contributed by atoms with Crippen molar-refractivity contribution in [3.63, 3.8) is 0 Å². The molecule has 1 radical (unpaired) electrons. The number of aryl methyl sites for hydroxylation is 1. The SMILES string of the molecule is Fc1ccc(CC[CH]Cc2c[nH]c3ccccc23)cc1F. The lowest BCUT2D eigenvalue weighted by atomic mass is 10.0. The molecule has 3 rings (SSSR count). The summed E-state index contributed by atoms with van der Waals surface area (Å²) in [5.74, 6) is -1.56. The topological polar surface area (TPSA) is 15.8 Å². The van der Waals surface area contributed by atoms with Crippen molar-refractivity contribution in [2.75, 3.05) is 0 Å². The number of hydrogen-bond donors (Lipinski definition) is 1. The lowest BCUT2D eigenvalue weighted by Gasteiger charge is -2.02. The Balaban J connectivity index is 1.55. The Kier molecular flexibility index (Phi) is 4.00. The first-order chi connectivity index (χ1) is 10.2. The van der Waals surface area contributed by atoms with Gasteiger partial charge < -0.3 is 4.98 Å². The van der Waals surface area contributed by atoms with Crippen LogP contribution in [0.4, 0.5) is 8.78 Å². The molecule has 0 saturated carbocycles. The molecule has 0 amide bonds. The van der Waals surface area contributed by atoms with Crippen molar-refractivity contribution in [3.8, 4) is 0 Å². The van der Waals surface area contributed by atoms with Crippen molar-refractivity contribution in [2.45, 2.75) is 19.3 Å². The third-order valence-corrected chi connectivity index (χ3v) is 3.66. The number of rotatable bonds is 5. The van der Waals surface area contributed by atoms with E-state index in [4.69, 9.17) is 0 Å². The maximum Gasteiger partial charge on any atom is 0.159 e. The molecule has 0 saturated heterocycles. The number of benzene rings is 2. The summed E-state index contributed by atoms with van der Waals surface area (Å²) in [7, 11) is 0. The molecule has 0 atom stereocenters. The van der Waals surface area contributed by atoms with Gasteiger partial charge in [0.15, 0.2) is 11.6 Å². The minimum atomic E-state index is -0.790. The van der Waals surface area contributed by atoms with Crippen LogP contribution >= 0.6 is 0 Å². The zero-order valence-electron chi connectivity index (χ0n) is 11.6. The van der Waals surface area contributed by atoms with Gasteiger partial charge in [-0.2, -0.15) is 0 Å². The molecule has 1 aromatic heterocycles. The molecule has 1 nitrogen and oxygen atoms in total. The maximum atomic E-state index is 13.1. The fourth-order valence-electron chi connectivity index (χ4n) is 2.52. The number of para-hydroxylation sites is 1. The fraction of sp³-hybridized carbons (Fsp3) is 0.167. The van der Waals surface area contributed by atoms with Gasteiger partial charge in [0, 0.05) is 17.1 Å². The van der Waals surface area contributed by atoms with Crippen molar-refractivity contribution in [3.05, 3.63) is 77.8 Å². The van der Waals surface area contributed by atoms with E-state index in [1.54, 1.807) is 6.07 Å². The second-order valence-corrected chi connectivity index (χ2v) is 5.14. The summed E-state index contributed by atoms with van der Waals surface area (Å²) in [6, 6.07) is 12.3. The van der Waals surface area contributed by atoms with Crippen LogP contribution in [0.5, 0.6) is 0 Å². The normalized spacial score (nSPS) is 11.1. The van der Waals surface area contributed by atoms with Gasteiger partial charge in [-0.1, -0.05) is 24.3 Å². The number of fused-ring (bicyclic) bond motifs is 1. The smallest absolute Gasteiger partial charge is 0.159 e. The summed E-state index contributed by atoms with van der Waals surface area (Å²) in [5.41, 5.74) is 3.22. The van der Waals surface area contributed by atoms with Crippen LogP contribution in [-0.4, -0.2) is 4.98 Å². The monoisotopic (exact) mass is 284 g/mol. The summed E-state index contributed by atoms with van der Waals surface area (Å²) in [4.78, 5) is 3.25. The van der Waals surface area contributed by atoms with Crippen molar-refractivity contribution in [1.82, 2.24) is 4.98 Å². The summed E-state index contributed by atoms with van der Waals surface area (Å²) < 4.78 is 25.9. The number of halogens is 2. The highest BCUT2D eigenvalue weighted by Crippen LogP contribution is 2.19. The van der Waals surface area contributed by atoms with Crippen molar-refractivity contribution < 1.29 is 8.78 Å². The van der Waals surface area contributed by atoms with Gasteiger partial charge in [0.25, 0.3) is 0 Å². The zero-order valence-corrected chi connectivity index (χ0v) is 11.6. The highest BCUT2D eigenvalue weighted by molar-refractivity contribution is 5.83. The third kappa shape index (κ3) is 3.13. The summed E-state index contributed by atoms with van der Waals surface area (Å²) >= 11 is 0. The first kappa shape index (κ1) is 13.8. The van der Waals surface area contributed by atoms with Crippen LogP contribution < -0.4 is 0 Å². The molecular formula is C18H16F2N. The molecule has 3 aromatic rings. The van der Waals surface area contributed by atoms with E-state index in [2.05, 4.69) is 23.5 Å². The van der Waals surface area contributed by atoms with Gasteiger partial charge in [-0.25, -0.2) is 8.78 Å². The van der Waals surface area contributed by atoms with Crippen LogP contribution in [-0.2, 0) is 12.8 Å². The van der Waals surface area contributed by atoms with Crippen LogP contribution in [0.2, 0.25) is 0 Å². The minimum Gasteiger partial charge on any atom is -0.361 e. The molecule has 0 aliphatic carbocycles. The Morgan fingerprint density at radius 2 is 1.86 bits per heavy atom. The van der Waals surface area contributed by atoms with E-state index in [0.29, 0.717) is 0 Å². The molecule has 2 aromatic carbocycles. The highest BCUT2D eigenvalue weighted by atomic mass is 19.2. The van der Waals surface area contributed by atoms with E-state index in [9.17, 15) is 8.78 Å². The largest absolute Gasteiger partial charge is 0.361 e. The Hall–Kier alpha value is -2.16. The molecular weight excluding hydrogens is 268 g/mol. The number of aromatic amines is 1. The zero-order chi connectivity index (χ0) is 14.7. The molecule has 0 unspecified atom stereocenters. The molecule has 1 N–H and O–H groups in total. The highest BCUT2D eigenvalue weighted by Gasteiger charge is 2.04. The Labute approximate surface area is 122 Å². The molecule has 21 heavy (non-hydrogen) atoms. The fourth-order valence-corrected chi connectivity index (χ4v) is 2.52. The lowest BCUT2D eigenvalue weighted by molar-refractivity contribution is 0.507. The predicted octanol–water partition coefficient (Wildman–Crippen LogP) is 4.83. The lowest BCUT2D eigenvalue weighted by Crippen LogP contribution is -1.92. The van der Waals surface area contributed by atoms with Gasteiger partial charge in [0.2, 0.25) is 0 Å². The molecule has 0 bridgehead atoms. The number of nitrogens with one attached hydrogen (secondary N) is 1. The quantitative estimate of drug-likeness (QED) is 0.646. The summed E-state index contributed by atoms with van der Waals surface area (Å²) in [6.07, 6.45) is 6.63. The second kappa shape index (κ2) is 6.08. The number of H-pyrrole nitrogens is 1. The van der Waals surface area contributed by atoms with Crippen molar-refractivity contribution in [2.24, 2.45) is 0 Å². The number of aromatic nitrogens is 1. The summed E-state index contributed by atoms with van der Waals surface area (Å²) in [6.45, 7) is 0. The van der Waals surface area contributed by atoms with E-state index in [0.717, 1.165) is 30.3 Å². The van der Waals surface area contributed by atoms with Gasteiger partial charge in [0.05, 0.1) is 0 Å². The predicted molar refractivity (Wildman–Crippen MR) is 81.0 cm³/mol. The Morgan fingerprint density at radius 3 is 2.71 bits per heavy atom. The summed E-state index contributed by atoms with van der Waals surface area (Å²) in [5, 5.41) is 1.24. The second-order valence-electron chi connectivity index (χ2n) is 5.14. The van der Waals surface area contributed by atoms with Crippen molar-refractivity contribution >= 4 is 10.9 Å². The number of hydrogen-bond acceptors (Lipinski definition) is 0. The number of unbranched alkanes of at least 4 members (excludes halogenated alkanes) is 1. The minimum absolute atomic E-state index is 0.722.